The fourth-order valence-corrected chi connectivity index (χ4v) is 4.50. The molecular weight excluding hydrogens is 548 g/mol. The van der Waals surface area contributed by atoms with E-state index in [1.54, 1.807) is 0 Å². The molecule has 0 bridgehead atoms. The number of phenolic OH excluding ortho intramolecular Hbond substituents is 2. The maximum absolute atomic E-state index is 12.8. The van der Waals surface area contributed by atoms with Crippen molar-refractivity contribution < 1.29 is 66.1 Å². The first-order valence-electron chi connectivity index (χ1n) is 11.1. The van der Waals surface area contributed by atoms with Crippen molar-refractivity contribution in [1.82, 2.24) is 0 Å². The molecule has 2 aromatic carbocycles. The number of aliphatic hydroxyl groups is 3. The van der Waals surface area contributed by atoms with Gasteiger partial charge in [0, 0.05) is 23.8 Å². The molecule has 0 radical (unpaired) electrons. The standard InChI is InChI=1S/C23H24O15S/c1-33-15-3-9(4-16(34-2)19(15)27)13-7-12(26)18-11(25)5-10(6-14(18)36-13)35-23-22(38-39(30,31)32)21(29)20(28)17(8-24)37-23/h3-7,17,20-25,27-29H,8H2,1-2H3,(H,30,31,32)/t17?,20-,21?,22+,23-/m1/s1. The molecule has 5 atom stereocenters. The van der Waals surface area contributed by atoms with Crippen LogP contribution in [0.25, 0.3) is 22.3 Å². The van der Waals surface area contributed by atoms with E-state index < -0.39 is 58.9 Å². The predicted octanol–water partition coefficient (Wildman–Crippen LogP) is -0.106. The Bertz CT molecular complexity index is 1510. The zero-order chi connectivity index (χ0) is 28.6. The maximum atomic E-state index is 12.8. The van der Waals surface area contributed by atoms with Gasteiger partial charge < -0.3 is 48.9 Å². The number of hydrogen-bond donors (Lipinski definition) is 6. The second kappa shape index (κ2) is 10.9. The molecule has 15 nitrogen and oxygen atoms in total. The third-order valence-electron chi connectivity index (χ3n) is 5.86. The second-order valence-corrected chi connectivity index (χ2v) is 9.38. The molecule has 1 aliphatic heterocycles. The van der Waals surface area contributed by atoms with Gasteiger partial charge in [0.05, 0.1) is 20.8 Å². The first-order valence-corrected chi connectivity index (χ1v) is 12.4. The van der Waals surface area contributed by atoms with Crippen molar-refractivity contribution in [2.75, 3.05) is 20.8 Å². The van der Waals surface area contributed by atoms with Crippen molar-refractivity contribution in [1.29, 1.82) is 0 Å². The molecule has 3 aromatic rings. The molecule has 1 saturated heterocycles. The summed E-state index contributed by atoms with van der Waals surface area (Å²) in [6.45, 7) is -0.808. The Morgan fingerprint density at radius 2 is 1.62 bits per heavy atom. The molecule has 39 heavy (non-hydrogen) atoms. The summed E-state index contributed by atoms with van der Waals surface area (Å²) in [6.07, 6.45) is -9.11. The highest BCUT2D eigenvalue weighted by molar-refractivity contribution is 7.80. The molecule has 16 heteroatoms. The fraction of sp³-hybridized carbons (Fsp3) is 0.348. The van der Waals surface area contributed by atoms with E-state index in [1.165, 1.54) is 26.4 Å². The summed E-state index contributed by atoms with van der Waals surface area (Å²) in [5, 5.41) is 50.3. The van der Waals surface area contributed by atoms with Crippen molar-refractivity contribution in [2.24, 2.45) is 0 Å². The summed E-state index contributed by atoms with van der Waals surface area (Å²) in [4.78, 5) is 12.8. The van der Waals surface area contributed by atoms with E-state index in [9.17, 15) is 38.7 Å². The van der Waals surface area contributed by atoms with Gasteiger partial charge in [-0.1, -0.05) is 0 Å². The Morgan fingerprint density at radius 1 is 0.974 bits per heavy atom. The van der Waals surface area contributed by atoms with Gasteiger partial charge in [-0.2, -0.15) is 8.42 Å². The van der Waals surface area contributed by atoms with Gasteiger partial charge in [-0.05, 0) is 12.1 Å². The molecule has 1 aliphatic rings. The summed E-state index contributed by atoms with van der Waals surface area (Å²) in [5.74, 6) is -1.17. The second-order valence-electron chi connectivity index (χ2n) is 8.33. The Balaban J connectivity index is 1.78. The van der Waals surface area contributed by atoms with Crippen LogP contribution in [0.5, 0.6) is 28.7 Å². The lowest BCUT2D eigenvalue weighted by Crippen LogP contribution is -2.61. The summed E-state index contributed by atoms with van der Waals surface area (Å²) in [7, 11) is -2.56. The summed E-state index contributed by atoms with van der Waals surface area (Å²) < 4.78 is 63.0. The molecule has 0 aliphatic carbocycles. The summed E-state index contributed by atoms with van der Waals surface area (Å²) in [5.41, 5.74) is -0.617. The number of methoxy groups -OCH3 is 2. The highest BCUT2D eigenvalue weighted by atomic mass is 32.3. The molecule has 1 fully saturated rings. The van der Waals surface area contributed by atoms with Crippen LogP contribution in [0.4, 0.5) is 0 Å². The maximum Gasteiger partial charge on any atom is 0.397 e. The van der Waals surface area contributed by atoms with Crippen molar-refractivity contribution in [3.05, 3.63) is 40.6 Å². The molecule has 212 valence electrons. The van der Waals surface area contributed by atoms with Gasteiger partial charge in [-0.3, -0.25) is 9.35 Å². The van der Waals surface area contributed by atoms with Gasteiger partial charge in [-0.15, -0.1) is 0 Å². The van der Waals surface area contributed by atoms with Crippen molar-refractivity contribution in [3.63, 3.8) is 0 Å². The topological polar surface area (TPSA) is 232 Å². The van der Waals surface area contributed by atoms with Crippen LogP contribution in [-0.4, -0.2) is 90.0 Å². The van der Waals surface area contributed by atoms with Crippen molar-refractivity contribution in [3.8, 4) is 40.1 Å². The van der Waals surface area contributed by atoms with Crippen molar-refractivity contribution >= 4 is 21.4 Å². The lowest BCUT2D eigenvalue weighted by atomic mass is 9.99. The van der Waals surface area contributed by atoms with Crippen molar-refractivity contribution in [2.45, 2.75) is 30.7 Å². The normalized spacial score (nSPS) is 23.5. The van der Waals surface area contributed by atoms with Gasteiger partial charge in [-0.25, -0.2) is 4.18 Å². The van der Waals surface area contributed by atoms with Gasteiger partial charge in [0.25, 0.3) is 0 Å². The van der Waals surface area contributed by atoms with E-state index in [1.807, 2.05) is 0 Å². The zero-order valence-electron chi connectivity index (χ0n) is 20.2. The minimum atomic E-state index is -5.17. The molecule has 0 saturated carbocycles. The third-order valence-corrected chi connectivity index (χ3v) is 6.32. The highest BCUT2D eigenvalue weighted by Gasteiger charge is 2.48. The average molecular weight is 572 g/mol. The van der Waals surface area contributed by atoms with Gasteiger partial charge in [0.2, 0.25) is 12.0 Å². The summed E-state index contributed by atoms with van der Waals surface area (Å²) >= 11 is 0. The van der Waals surface area contributed by atoms with Crippen LogP contribution in [0.3, 0.4) is 0 Å². The Morgan fingerprint density at radius 3 is 2.18 bits per heavy atom. The summed E-state index contributed by atoms with van der Waals surface area (Å²) in [6, 6.07) is 5.92. The number of rotatable bonds is 8. The van der Waals surface area contributed by atoms with E-state index in [0.717, 1.165) is 18.2 Å². The highest BCUT2D eigenvalue weighted by Crippen LogP contribution is 2.41. The Kier molecular flexibility index (Phi) is 7.89. The number of hydrogen-bond acceptors (Lipinski definition) is 14. The molecular formula is C23H24O15S. The predicted molar refractivity (Wildman–Crippen MR) is 129 cm³/mol. The van der Waals surface area contributed by atoms with E-state index in [0.29, 0.717) is 0 Å². The minimum absolute atomic E-state index is 0.0190. The average Bonchev–Trinajstić information content (AvgIpc) is 2.87. The Hall–Kier alpha value is -3.64. The van der Waals surface area contributed by atoms with Crippen LogP contribution in [0.2, 0.25) is 0 Å². The molecule has 2 unspecified atom stereocenters. The smallest absolute Gasteiger partial charge is 0.397 e. The first kappa shape index (κ1) is 28.4. The SMILES string of the molecule is COc1cc(-c2cc(=O)c3c(O)cc(O[C@@H]4OC(CO)[C@@H](O)C(O)[C@@H]4OS(=O)(=O)O)cc3o2)cc(OC)c1O. The molecule has 4 rings (SSSR count). The van der Waals surface area contributed by atoms with E-state index in [2.05, 4.69) is 4.18 Å². The quantitative estimate of drug-likeness (QED) is 0.193. The van der Waals surface area contributed by atoms with Crippen LogP contribution in [0, 0.1) is 0 Å². The van der Waals surface area contributed by atoms with Gasteiger partial charge >= 0.3 is 10.4 Å². The van der Waals surface area contributed by atoms with Gasteiger partial charge in [0.1, 0.15) is 46.5 Å². The van der Waals surface area contributed by atoms with Crippen LogP contribution in [0.1, 0.15) is 0 Å². The van der Waals surface area contributed by atoms with Crippen LogP contribution in [0.15, 0.2) is 39.5 Å². The van der Waals surface area contributed by atoms with E-state index in [4.69, 9.17) is 27.9 Å². The lowest BCUT2D eigenvalue weighted by Gasteiger charge is -2.40. The molecule has 1 aromatic heterocycles. The van der Waals surface area contributed by atoms with Crippen LogP contribution < -0.4 is 19.6 Å². The number of aromatic hydroxyl groups is 2. The Labute approximate surface area is 219 Å². The van der Waals surface area contributed by atoms with Crippen LogP contribution in [-0.2, 0) is 19.3 Å². The third kappa shape index (κ3) is 5.71. The van der Waals surface area contributed by atoms with Crippen LogP contribution >= 0.6 is 0 Å². The molecule has 2 heterocycles. The lowest BCUT2D eigenvalue weighted by molar-refractivity contribution is -0.271. The molecule has 6 N–H and O–H groups in total. The zero-order valence-corrected chi connectivity index (χ0v) is 21.1. The number of benzene rings is 2. The van der Waals surface area contributed by atoms with E-state index in [-0.39, 0.29) is 45.3 Å². The largest absolute Gasteiger partial charge is 0.507 e. The first-order chi connectivity index (χ1) is 18.4. The minimum Gasteiger partial charge on any atom is -0.507 e. The number of phenols is 2. The number of aliphatic hydroxyl groups excluding tert-OH is 3. The molecule has 0 amide bonds. The van der Waals surface area contributed by atoms with Gasteiger partial charge in [0.15, 0.2) is 23.0 Å². The fourth-order valence-electron chi connectivity index (χ4n) is 4.02. The van der Waals surface area contributed by atoms with E-state index >= 15 is 0 Å². The number of fused-ring (bicyclic) bond motifs is 1. The molecule has 0 spiro atoms. The monoisotopic (exact) mass is 572 g/mol. The number of ether oxygens (including phenoxy) is 4.